The molecular weight excluding hydrogens is 222 g/mol. The number of guanidine groups is 1. The third kappa shape index (κ3) is 6.90. The summed E-state index contributed by atoms with van der Waals surface area (Å²) < 4.78 is 0. The number of hydrogen-bond donors (Lipinski definition) is 4. The van der Waals surface area contributed by atoms with Crippen LogP contribution in [0.4, 0.5) is 0 Å². The third-order valence-electron chi connectivity index (χ3n) is 1.42. The molecule has 82 valence electrons. The summed E-state index contributed by atoms with van der Waals surface area (Å²) in [5, 5.41) is 8.69. The van der Waals surface area contributed by atoms with E-state index in [0.717, 1.165) is 5.75 Å². The maximum Gasteiger partial charge on any atom is 0.308 e. The highest BCUT2D eigenvalue weighted by Crippen LogP contribution is 2.10. The molecule has 0 bridgehead atoms. The van der Waals surface area contributed by atoms with E-state index in [2.05, 4.69) is 17.6 Å². The molecule has 0 rings (SSSR count). The van der Waals surface area contributed by atoms with Gasteiger partial charge in [-0.2, -0.15) is 24.4 Å². The fraction of sp³-hybridized carbons (Fsp3) is 0.714. The zero-order valence-corrected chi connectivity index (χ0v) is 9.43. The van der Waals surface area contributed by atoms with Crippen LogP contribution < -0.4 is 11.5 Å². The van der Waals surface area contributed by atoms with Crippen LogP contribution in [0.5, 0.6) is 0 Å². The molecule has 0 radical (unpaired) electrons. The minimum Gasteiger partial charge on any atom is -0.481 e. The Hall–Kier alpha value is -0.560. The van der Waals surface area contributed by atoms with Gasteiger partial charge in [-0.25, -0.2) is 0 Å². The lowest BCUT2D eigenvalue weighted by Gasteiger charge is -2.07. The first-order valence-corrected chi connectivity index (χ1v) is 5.83. The molecule has 5 nitrogen and oxygen atoms in total. The van der Waals surface area contributed by atoms with Gasteiger partial charge in [0, 0.05) is 17.3 Å². The van der Waals surface area contributed by atoms with E-state index in [-0.39, 0.29) is 5.96 Å². The van der Waals surface area contributed by atoms with Gasteiger partial charge in [0.05, 0.1) is 12.5 Å². The molecule has 0 spiro atoms. The van der Waals surface area contributed by atoms with Crippen LogP contribution in [0.25, 0.3) is 0 Å². The highest BCUT2D eigenvalue weighted by atomic mass is 32.2. The number of thiol groups is 1. The number of carbonyl (C=O) groups is 1. The van der Waals surface area contributed by atoms with Crippen molar-refractivity contribution in [2.24, 2.45) is 22.4 Å². The van der Waals surface area contributed by atoms with Gasteiger partial charge < -0.3 is 16.6 Å². The van der Waals surface area contributed by atoms with Crippen molar-refractivity contribution in [1.29, 1.82) is 0 Å². The van der Waals surface area contributed by atoms with Crippen molar-refractivity contribution in [3.8, 4) is 0 Å². The molecule has 1 atom stereocenters. The quantitative estimate of drug-likeness (QED) is 0.209. The summed E-state index contributed by atoms with van der Waals surface area (Å²) in [6.07, 6.45) is 0. The molecule has 0 aliphatic heterocycles. The summed E-state index contributed by atoms with van der Waals surface area (Å²) in [6.45, 7) is 0.520. The smallest absolute Gasteiger partial charge is 0.308 e. The van der Waals surface area contributed by atoms with Crippen molar-refractivity contribution in [3.63, 3.8) is 0 Å². The number of nitrogens with two attached hydrogens (primary N) is 2. The lowest BCUT2D eigenvalue weighted by atomic mass is 10.2. The Bertz CT molecular complexity index is 207. The molecular formula is C7H15N3O2S2. The monoisotopic (exact) mass is 237 g/mol. The number of thioether (sulfide) groups is 1. The van der Waals surface area contributed by atoms with E-state index < -0.39 is 11.9 Å². The predicted octanol–water partition coefficient (Wildman–Crippen LogP) is -0.376. The van der Waals surface area contributed by atoms with Crippen LogP contribution in [-0.4, -0.2) is 40.8 Å². The van der Waals surface area contributed by atoms with Crippen LogP contribution in [0, 0.1) is 5.92 Å². The molecule has 0 aliphatic rings. The van der Waals surface area contributed by atoms with Crippen molar-refractivity contribution in [1.82, 2.24) is 0 Å². The van der Waals surface area contributed by atoms with E-state index in [4.69, 9.17) is 16.6 Å². The molecule has 7 heteroatoms. The van der Waals surface area contributed by atoms with Gasteiger partial charge in [0.15, 0.2) is 5.96 Å². The van der Waals surface area contributed by atoms with Crippen molar-refractivity contribution in [2.45, 2.75) is 0 Å². The Labute approximate surface area is 92.7 Å². The van der Waals surface area contributed by atoms with E-state index >= 15 is 0 Å². The minimum absolute atomic E-state index is 0.0644. The van der Waals surface area contributed by atoms with Gasteiger partial charge in [-0.05, 0) is 0 Å². The molecule has 0 saturated carbocycles. The maximum atomic E-state index is 10.6. The molecule has 0 fully saturated rings. The van der Waals surface area contributed by atoms with Gasteiger partial charge >= 0.3 is 5.97 Å². The third-order valence-corrected chi connectivity index (χ3v) is 2.97. The summed E-state index contributed by atoms with van der Waals surface area (Å²) in [5.41, 5.74) is 10.2. The van der Waals surface area contributed by atoms with E-state index in [1.807, 2.05) is 0 Å². The number of rotatable bonds is 7. The van der Waals surface area contributed by atoms with Crippen molar-refractivity contribution in [2.75, 3.05) is 23.8 Å². The molecule has 0 heterocycles. The molecule has 5 N–H and O–H groups in total. The number of hydrogen-bond acceptors (Lipinski definition) is 4. The Morgan fingerprint density at radius 3 is 2.64 bits per heavy atom. The zero-order chi connectivity index (χ0) is 11.0. The van der Waals surface area contributed by atoms with Gasteiger partial charge in [0.25, 0.3) is 0 Å². The van der Waals surface area contributed by atoms with Gasteiger partial charge in [0.2, 0.25) is 0 Å². The van der Waals surface area contributed by atoms with Gasteiger partial charge in [-0.1, -0.05) is 0 Å². The molecule has 14 heavy (non-hydrogen) atoms. The average molecular weight is 237 g/mol. The lowest BCUT2D eigenvalue weighted by molar-refractivity contribution is -0.140. The predicted molar refractivity (Wildman–Crippen MR) is 63.0 cm³/mol. The minimum atomic E-state index is -0.811. The van der Waals surface area contributed by atoms with Gasteiger partial charge in [-0.3, -0.25) is 9.79 Å². The SMILES string of the molecule is NC(N)=NCCSC[C@@H](CS)C(=O)O. The summed E-state index contributed by atoms with van der Waals surface area (Å²) in [7, 11) is 0. The number of carboxylic acid groups (broad SMARTS) is 1. The highest BCUT2D eigenvalue weighted by Gasteiger charge is 2.14. The second-order valence-electron chi connectivity index (χ2n) is 2.60. The van der Waals surface area contributed by atoms with Crippen LogP contribution in [0.2, 0.25) is 0 Å². The van der Waals surface area contributed by atoms with Crippen LogP contribution >= 0.6 is 24.4 Å². The first kappa shape index (κ1) is 13.4. The van der Waals surface area contributed by atoms with E-state index in [0.29, 0.717) is 18.1 Å². The number of aliphatic imine (C=N–C) groups is 1. The van der Waals surface area contributed by atoms with Crippen molar-refractivity contribution < 1.29 is 9.90 Å². The average Bonchev–Trinajstić information content (AvgIpc) is 2.10. The summed E-state index contributed by atoms with van der Waals surface area (Å²) in [6, 6.07) is 0. The van der Waals surface area contributed by atoms with Crippen molar-refractivity contribution >= 4 is 36.3 Å². The van der Waals surface area contributed by atoms with Gasteiger partial charge in [0.1, 0.15) is 0 Å². The van der Waals surface area contributed by atoms with Crippen LogP contribution in [0.1, 0.15) is 0 Å². The Balaban J connectivity index is 3.52. The van der Waals surface area contributed by atoms with Crippen LogP contribution in [-0.2, 0) is 4.79 Å². The number of aliphatic carboxylic acids is 1. The molecule has 0 aromatic carbocycles. The Kier molecular flexibility index (Phi) is 7.50. The first-order valence-electron chi connectivity index (χ1n) is 4.04. The molecule has 0 aromatic rings. The topological polar surface area (TPSA) is 102 Å². The molecule has 0 aliphatic carbocycles. The first-order chi connectivity index (χ1) is 6.57. The van der Waals surface area contributed by atoms with Crippen molar-refractivity contribution in [3.05, 3.63) is 0 Å². The number of carboxylic acids is 1. The van der Waals surface area contributed by atoms with E-state index in [1.165, 1.54) is 11.8 Å². The second kappa shape index (κ2) is 7.81. The Morgan fingerprint density at radius 1 is 1.57 bits per heavy atom. The van der Waals surface area contributed by atoms with E-state index in [9.17, 15) is 4.79 Å². The summed E-state index contributed by atoms with van der Waals surface area (Å²) in [5.74, 6) is 0.463. The number of nitrogens with zero attached hydrogens (tertiary/aromatic N) is 1. The maximum absolute atomic E-state index is 10.6. The summed E-state index contributed by atoms with van der Waals surface area (Å²) >= 11 is 5.46. The molecule has 0 saturated heterocycles. The van der Waals surface area contributed by atoms with Crippen LogP contribution in [0.3, 0.4) is 0 Å². The lowest BCUT2D eigenvalue weighted by Crippen LogP contribution is -2.23. The molecule has 0 amide bonds. The standard InChI is InChI=1S/C7H15N3O2S2/c8-7(9)10-1-2-14-4-5(3-13)6(11)12/h5,13H,1-4H2,(H,11,12)(H4,8,9,10)/t5-/m1/s1. The molecule has 0 unspecified atom stereocenters. The second-order valence-corrected chi connectivity index (χ2v) is 4.11. The highest BCUT2D eigenvalue weighted by molar-refractivity contribution is 7.99. The fourth-order valence-electron chi connectivity index (χ4n) is 0.667. The van der Waals surface area contributed by atoms with Crippen LogP contribution in [0.15, 0.2) is 4.99 Å². The fourth-order valence-corrected chi connectivity index (χ4v) is 2.06. The normalized spacial score (nSPS) is 12.1. The van der Waals surface area contributed by atoms with Gasteiger partial charge in [-0.15, -0.1) is 0 Å². The summed E-state index contributed by atoms with van der Waals surface area (Å²) in [4.78, 5) is 14.3. The zero-order valence-electron chi connectivity index (χ0n) is 7.72. The Morgan fingerprint density at radius 2 is 2.21 bits per heavy atom. The largest absolute Gasteiger partial charge is 0.481 e. The van der Waals surface area contributed by atoms with E-state index in [1.54, 1.807) is 0 Å². The molecule has 0 aromatic heterocycles.